The minimum absolute atomic E-state index is 0.156. The summed E-state index contributed by atoms with van der Waals surface area (Å²) in [5.74, 6) is 0.697. The number of carbonyl (C=O) groups excluding carboxylic acids is 1. The molecule has 0 aromatic heterocycles. The number of carbonyl (C=O) groups is 1. The van der Waals surface area contributed by atoms with Gasteiger partial charge in [-0.3, -0.25) is 0 Å². The molecule has 126 valence electrons. The van der Waals surface area contributed by atoms with Gasteiger partial charge in [-0.15, -0.1) is 0 Å². The van der Waals surface area contributed by atoms with Crippen LogP contribution in [-0.4, -0.2) is 36.2 Å². The lowest BCUT2D eigenvalue weighted by Gasteiger charge is -2.64. The van der Waals surface area contributed by atoms with Crippen LogP contribution in [0.3, 0.4) is 0 Å². The summed E-state index contributed by atoms with van der Waals surface area (Å²) in [6, 6.07) is 0. The molecule has 0 bridgehead atoms. The lowest BCUT2D eigenvalue weighted by Crippen LogP contribution is -2.59. The van der Waals surface area contributed by atoms with E-state index in [4.69, 9.17) is 10.5 Å². The molecule has 0 radical (unpaired) electrons. The highest BCUT2D eigenvalue weighted by molar-refractivity contribution is 5.68. The van der Waals surface area contributed by atoms with Crippen LogP contribution in [0.2, 0.25) is 0 Å². The van der Waals surface area contributed by atoms with Crippen LogP contribution >= 0.6 is 0 Å². The second-order valence-corrected chi connectivity index (χ2v) is 9.02. The van der Waals surface area contributed by atoms with Gasteiger partial charge in [0.05, 0.1) is 0 Å². The zero-order valence-electron chi connectivity index (χ0n) is 14.5. The second kappa shape index (κ2) is 5.40. The fraction of sp³-hybridized carbons (Fsp3) is 0.944. The third-order valence-corrected chi connectivity index (χ3v) is 6.29. The average Bonchev–Trinajstić information content (AvgIpc) is 2.35. The number of piperidine rings is 1. The normalized spacial score (nSPS) is 27.2. The summed E-state index contributed by atoms with van der Waals surface area (Å²) in [7, 11) is 0. The van der Waals surface area contributed by atoms with Crippen molar-refractivity contribution in [3.63, 3.8) is 0 Å². The molecule has 2 N–H and O–H groups in total. The van der Waals surface area contributed by atoms with Crippen molar-refractivity contribution in [3.8, 4) is 0 Å². The molecule has 2 saturated carbocycles. The number of amides is 1. The lowest BCUT2D eigenvalue weighted by molar-refractivity contribution is -0.133. The van der Waals surface area contributed by atoms with Crippen LogP contribution in [0.4, 0.5) is 4.79 Å². The monoisotopic (exact) mass is 308 g/mol. The molecule has 4 nitrogen and oxygen atoms in total. The largest absolute Gasteiger partial charge is 0.444 e. The van der Waals surface area contributed by atoms with E-state index < -0.39 is 5.60 Å². The van der Waals surface area contributed by atoms with Gasteiger partial charge < -0.3 is 15.4 Å². The van der Waals surface area contributed by atoms with Gasteiger partial charge >= 0.3 is 6.09 Å². The number of likely N-dealkylation sites (tertiary alicyclic amines) is 1. The fourth-order valence-electron chi connectivity index (χ4n) is 5.07. The Labute approximate surface area is 134 Å². The molecule has 0 atom stereocenters. The molecule has 0 unspecified atom stereocenters. The highest BCUT2D eigenvalue weighted by Gasteiger charge is 2.59. The van der Waals surface area contributed by atoms with Gasteiger partial charge in [-0.1, -0.05) is 6.42 Å². The summed E-state index contributed by atoms with van der Waals surface area (Å²) in [5, 5.41) is 0. The van der Waals surface area contributed by atoms with Gasteiger partial charge in [0.2, 0.25) is 0 Å². The van der Waals surface area contributed by atoms with Crippen molar-refractivity contribution in [2.45, 2.75) is 71.3 Å². The van der Waals surface area contributed by atoms with Crippen LogP contribution in [0.15, 0.2) is 0 Å². The maximum absolute atomic E-state index is 12.2. The molecule has 3 fully saturated rings. The van der Waals surface area contributed by atoms with Gasteiger partial charge in [-0.05, 0) is 82.6 Å². The van der Waals surface area contributed by atoms with Crippen molar-refractivity contribution in [3.05, 3.63) is 0 Å². The Bertz CT molecular complexity index is 421. The van der Waals surface area contributed by atoms with E-state index >= 15 is 0 Å². The summed E-state index contributed by atoms with van der Waals surface area (Å²) < 4.78 is 5.49. The van der Waals surface area contributed by atoms with Crippen molar-refractivity contribution in [2.24, 2.45) is 22.5 Å². The maximum atomic E-state index is 12.2. The molecule has 3 rings (SSSR count). The van der Waals surface area contributed by atoms with E-state index in [1.807, 2.05) is 25.7 Å². The Morgan fingerprint density at radius 3 is 2.23 bits per heavy atom. The Kier molecular flexibility index (Phi) is 3.95. The SMILES string of the molecule is CC(C)(C)OC(=O)N1CCC(C2(CN)CC3(CCC3)C2)CC1. The molecule has 3 aliphatic rings. The van der Waals surface area contributed by atoms with Gasteiger partial charge in [0.25, 0.3) is 0 Å². The average molecular weight is 308 g/mol. The first kappa shape index (κ1) is 16.1. The van der Waals surface area contributed by atoms with Crippen LogP contribution in [0.1, 0.15) is 65.7 Å². The Balaban J connectivity index is 1.52. The molecule has 1 heterocycles. The summed E-state index contributed by atoms with van der Waals surface area (Å²) in [6.07, 6.45) is 8.96. The van der Waals surface area contributed by atoms with Gasteiger partial charge in [0.1, 0.15) is 5.60 Å². The topological polar surface area (TPSA) is 55.6 Å². The molecule has 0 aromatic carbocycles. The second-order valence-electron chi connectivity index (χ2n) is 9.02. The van der Waals surface area contributed by atoms with Gasteiger partial charge in [0.15, 0.2) is 0 Å². The van der Waals surface area contributed by atoms with E-state index in [9.17, 15) is 4.79 Å². The molecule has 2 aliphatic carbocycles. The summed E-state index contributed by atoms with van der Waals surface area (Å²) in [5.41, 5.74) is 6.81. The molecule has 1 amide bonds. The fourth-order valence-corrected chi connectivity index (χ4v) is 5.07. The van der Waals surface area contributed by atoms with Crippen molar-refractivity contribution >= 4 is 6.09 Å². The molecule has 22 heavy (non-hydrogen) atoms. The highest BCUT2D eigenvalue weighted by atomic mass is 16.6. The number of hydrogen-bond donors (Lipinski definition) is 1. The molecule has 1 saturated heterocycles. The number of nitrogens with two attached hydrogens (primary N) is 1. The Hall–Kier alpha value is -0.770. The zero-order valence-corrected chi connectivity index (χ0v) is 14.5. The molecular formula is C18H32N2O2. The Morgan fingerprint density at radius 2 is 1.82 bits per heavy atom. The van der Waals surface area contributed by atoms with Crippen LogP contribution in [0.5, 0.6) is 0 Å². The summed E-state index contributed by atoms with van der Waals surface area (Å²) in [4.78, 5) is 14.0. The highest BCUT2D eigenvalue weighted by Crippen LogP contribution is 2.67. The minimum atomic E-state index is -0.406. The molecule has 1 aliphatic heterocycles. The lowest BCUT2D eigenvalue weighted by atomic mass is 9.41. The van der Waals surface area contributed by atoms with Crippen LogP contribution in [0.25, 0.3) is 0 Å². The Morgan fingerprint density at radius 1 is 1.23 bits per heavy atom. The molecule has 1 spiro atoms. The first-order valence-electron chi connectivity index (χ1n) is 8.96. The van der Waals surface area contributed by atoms with E-state index in [2.05, 4.69) is 0 Å². The van der Waals surface area contributed by atoms with E-state index in [1.165, 1.54) is 32.1 Å². The van der Waals surface area contributed by atoms with Crippen molar-refractivity contribution < 1.29 is 9.53 Å². The van der Waals surface area contributed by atoms with E-state index in [0.29, 0.717) is 16.7 Å². The van der Waals surface area contributed by atoms with Crippen molar-refractivity contribution in [1.29, 1.82) is 0 Å². The quantitative estimate of drug-likeness (QED) is 0.849. The van der Waals surface area contributed by atoms with Crippen LogP contribution in [-0.2, 0) is 4.74 Å². The van der Waals surface area contributed by atoms with E-state index in [-0.39, 0.29) is 6.09 Å². The number of rotatable bonds is 2. The first-order valence-corrected chi connectivity index (χ1v) is 8.96. The van der Waals surface area contributed by atoms with Crippen molar-refractivity contribution in [2.75, 3.05) is 19.6 Å². The molecule has 4 heteroatoms. The van der Waals surface area contributed by atoms with Gasteiger partial charge in [-0.25, -0.2) is 4.79 Å². The standard InChI is InChI=1S/C18H32N2O2/c1-16(2,3)22-15(21)20-9-5-14(6-10-20)18(13-19)11-17(12-18)7-4-8-17/h14H,4-13,19H2,1-3H3. The van der Waals surface area contributed by atoms with Crippen LogP contribution in [0, 0.1) is 16.7 Å². The van der Waals surface area contributed by atoms with E-state index in [0.717, 1.165) is 32.5 Å². The third-order valence-electron chi connectivity index (χ3n) is 6.29. The van der Waals surface area contributed by atoms with Gasteiger partial charge in [-0.2, -0.15) is 0 Å². The van der Waals surface area contributed by atoms with E-state index in [1.54, 1.807) is 0 Å². The number of nitrogens with zero attached hydrogens (tertiary/aromatic N) is 1. The zero-order chi connectivity index (χ0) is 16.0. The third kappa shape index (κ3) is 2.86. The molecular weight excluding hydrogens is 276 g/mol. The predicted octanol–water partition coefficient (Wildman–Crippen LogP) is 3.54. The predicted molar refractivity (Wildman–Crippen MR) is 87.5 cm³/mol. The van der Waals surface area contributed by atoms with Crippen LogP contribution < -0.4 is 5.73 Å². The summed E-state index contributed by atoms with van der Waals surface area (Å²) in [6.45, 7) is 8.25. The van der Waals surface area contributed by atoms with Crippen molar-refractivity contribution in [1.82, 2.24) is 4.90 Å². The number of hydrogen-bond acceptors (Lipinski definition) is 3. The minimum Gasteiger partial charge on any atom is -0.444 e. The maximum Gasteiger partial charge on any atom is 0.410 e. The molecule has 0 aromatic rings. The summed E-state index contributed by atoms with van der Waals surface area (Å²) >= 11 is 0. The smallest absolute Gasteiger partial charge is 0.410 e. The number of ether oxygens (including phenoxy) is 1. The first-order chi connectivity index (χ1) is 10.3. The van der Waals surface area contributed by atoms with Gasteiger partial charge in [0, 0.05) is 13.1 Å².